The normalized spacial score (nSPS) is 10.7. The first-order valence-electron chi connectivity index (χ1n) is 6.45. The van der Waals surface area contributed by atoms with Crippen LogP contribution in [0.5, 0.6) is 0 Å². The molecule has 0 unspecified atom stereocenters. The van der Waals surface area contributed by atoms with Crippen molar-refractivity contribution in [2.75, 3.05) is 0 Å². The van der Waals surface area contributed by atoms with Crippen LogP contribution in [0.4, 0.5) is 0 Å². The minimum Gasteiger partial charge on any atom is -0.273 e. The third kappa shape index (κ3) is 11.5. The van der Waals surface area contributed by atoms with Crippen LogP contribution in [-0.4, -0.2) is 32.9 Å². The van der Waals surface area contributed by atoms with E-state index in [2.05, 4.69) is 27.7 Å². The van der Waals surface area contributed by atoms with Crippen LogP contribution in [0.15, 0.2) is 0 Å². The van der Waals surface area contributed by atoms with Crippen LogP contribution >= 0.6 is 23.6 Å². The van der Waals surface area contributed by atoms with E-state index in [9.17, 15) is 4.79 Å². The van der Waals surface area contributed by atoms with Gasteiger partial charge in [0.05, 0.1) is 0 Å². The highest BCUT2D eigenvalue weighted by Crippen LogP contribution is 2.08. The summed E-state index contributed by atoms with van der Waals surface area (Å²) in [7, 11) is 0. The van der Waals surface area contributed by atoms with Crippen LogP contribution in [0, 0.1) is 5.92 Å². The van der Waals surface area contributed by atoms with E-state index in [0.29, 0.717) is 12.1 Å². The molecule has 0 rings (SSSR count). The lowest BCUT2D eigenvalue weighted by atomic mass is 10.2. The molecule has 19 heavy (non-hydrogen) atoms. The van der Waals surface area contributed by atoms with E-state index in [0.717, 1.165) is 0 Å². The summed E-state index contributed by atoms with van der Waals surface area (Å²) in [5.74, 6) is -0.0310. The average Bonchev–Trinajstić information content (AvgIpc) is 2.26. The molecule has 0 saturated heterocycles. The van der Waals surface area contributed by atoms with E-state index in [1.54, 1.807) is 4.42 Å². The largest absolute Gasteiger partial charge is 0.273 e. The van der Waals surface area contributed by atoms with Crippen LogP contribution in [0.3, 0.4) is 0 Å². The molecule has 0 heterocycles. The lowest BCUT2D eigenvalue weighted by molar-refractivity contribution is -0.130. The average molecular weight is 315 g/mol. The predicted molar refractivity (Wildman–Crippen MR) is 87.4 cm³/mol. The summed E-state index contributed by atoms with van der Waals surface area (Å²) in [4.78, 5) is 11.1. The standard InChI is InChI=1S/C7H14ClNO.C6H14ClN.CH4/c1-5(2)7(10)9(8)6(3)4;1-5(2)8(7)6(3)4;/h5-6H,1-4H3;5-6H,1-4H3;1H4. The zero-order valence-electron chi connectivity index (χ0n) is 12.9. The minimum atomic E-state index is -0.0170. The highest BCUT2D eigenvalue weighted by Gasteiger charge is 2.16. The minimum absolute atomic E-state index is 0. The van der Waals surface area contributed by atoms with Crippen LogP contribution in [-0.2, 0) is 4.79 Å². The van der Waals surface area contributed by atoms with Crippen molar-refractivity contribution in [1.82, 2.24) is 8.84 Å². The molecule has 0 N–H and O–H groups in total. The quantitative estimate of drug-likeness (QED) is 0.687. The lowest BCUT2D eigenvalue weighted by Crippen LogP contribution is -2.31. The van der Waals surface area contributed by atoms with Gasteiger partial charge in [-0.2, -0.15) is 0 Å². The maximum atomic E-state index is 11.1. The van der Waals surface area contributed by atoms with E-state index in [1.165, 1.54) is 4.42 Å². The molecule has 0 atom stereocenters. The molecule has 1 amide bonds. The van der Waals surface area contributed by atoms with Gasteiger partial charge in [-0.3, -0.25) is 9.21 Å². The zero-order chi connectivity index (χ0) is 15.0. The molecular weight excluding hydrogens is 283 g/mol. The Kier molecular flexibility index (Phi) is 14.9. The summed E-state index contributed by atoms with van der Waals surface area (Å²) < 4.78 is 3.05. The molecule has 0 aliphatic carbocycles. The van der Waals surface area contributed by atoms with Crippen LogP contribution in [0.2, 0.25) is 0 Å². The predicted octanol–water partition coefficient (Wildman–Crippen LogP) is 4.93. The number of amides is 1. The Morgan fingerprint density at radius 3 is 1.16 bits per heavy atom. The number of hydrogen-bond donors (Lipinski definition) is 0. The topological polar surface area (TPSA) is 23.6 Å². The van der Waals surface area contributed by atoms with Crippen molar-refractivity contribution in [3.8, 4) is 0 Å². The molecule has 0 radical (unpaired) electrons. The molecule has 5 heteroatoms. The van der Waals surface area contributed by atoms with E-state index in [-0.39, 0.29) is 25.3 Å². The highest BCUT2D eigenvalue weighted by molar-refractivity contribution is 6.21. The fraction of sp³-hybridized carbons (Fsp3) is 0.929. The van der Waals surface area contributed by atoms with Gasteiger partial charge in [0, 0.05) is 35.8 Å². The van der Waals surface area contributed by atoms with Gasteiger partial charge in [-0.1, -0.05) is 21.3 Å². The molecule has 0 aliphatic rings. The molecule has 0 aromatic rings. The number of hydrogen-bond acceptors (Lipinski definition) is 2. The van der Waals surface area contributed by atoms with Gasteiger partial charge in [0.25, 0.3) is 0 Å². The number of carbonyl (C=O) groups is 1. The van der Waals surface area contributed by atoms with E-state index < -0.39 is 0 Å². The van der Waals surface area contributed by atoms with Gasteiger partial charge in [0.1, 0.15) is 0 Å². The molecule has 0 fully saturated rings. The van der Waals surface area contributed by atoms with Gasteiger partial charge in [0.15, 0.2) is 0 Å². The molecule has 3 nitrogen and oxygen atoms in total. The molecule has 0 saturated carbocycles. The van der Waals surface area contributed by atoms with E-state index in [4.69, 9.17) is 23.6 Å². The Hall–Kier alpha value is 0.01000. The Morgan fingerprint density at radius 1 is 0.789 bits per heavy atom. The summed E-state index contributed by atoms with van der Waals surface area (Å²) in [6.45, 7) is 15.7. The van der Waals surface area contributed by atoms with E-state index >= 15 is 0 Å². The molecule has 0 bridgehead atoms. The van der Waals surface area contributed by atoms with Crippen molar-refractivity contribution in [3.05, 3.63) is 0 Å². The van der Waals surface area contributed by atoms with Gasteiger partial charge in [-0.05, 0) is 53.3 Å². The third-order valence-corrected chi connectivity index (χ3v) is 3.48. The fourth-order valence-corrected chi connectivity index (χ4v) is 1.29. The molecule has 0 spiro atoms. The summed E-state index contributed by atoms with van der Waals surface area (Å²) in [5.41, 5.74) is 0. The Morgan fingerprint density at radius 2 is 1.11 bits per heavy atom. The second-order valence-electron chi connectivity index (χ2n) is 5.43. The highest BCUT2D eigenvalue weighted by atomic mass is 35.5. The maximum Gasteiger partial charge on any atom is 0.239 e. The first-order valence-corrected chi connectivity index (χ1v) is 7.12. The monoisotopic (exact) mass is 314 g/mol. The second kappa shape index (κ2) is 11.8. The van der Waals surface area contributed by atoms with Gasteiger partial charge >= 0.3 is 0 Å². The SMILES string of the molecule is C.CC(C)C(=O)N(Cl)C(C)C.CC(C)N(Cl)C(C)C. The van der Waals surface area contributed by atoms with Crippen LogP contribution in [0.25, 0.3) is 0 Å². The van der Waals surface area contributed by atoms with Crippen LogP contribution in [0.1, 0.15) is 62.8 Å². The van der Waals surface area contributed by atoms with Crippen molar-refractivity contribution in [2.45, 2.75) is 80.9 Å². The molecule has 0 aliphatic heterocycles. The molecule has 118 valence electrons. The van der Waals surface area contributed by atoms with E-state index in [1.807, 2.05) is 27.7 Å². The van der Waals surface area contributed by atoms with Gasteiger partial charge in [0.2, 0.25) is 5.91 Å². The van der Waals surface area contributed by atoms with Crippen molar-refractivity contribution in [2.24, 2.45) is 5.92 Å². The lowest BCUT2D eigenvalue weighted by Gasteiger charge is -2.21. The molecule has 0 aromatic heterocycles. The summed E-state index contributed by atoms with van der Waals surface area (Å²) in [6.07, 6.45) is 0. The Balaban J connectivity index is -0.000000262. The summed E-state index contributed by atoms with van der Waals surface area (Å²) in [5, 5.41) is 0. The maximum absolute atomic E-state index is 11.1. The summed E-state index contributed by atoms with van der Waals surface area (Å²) >= 11 is 11.4. The Bertz CT molecular complexity index is 223. The number of nitrogens with zero attached hydrogens (tertiary/aromatic N) is 2. The van der Waals surface area contributed by atoms with Crippen LogP contribution < -0.4 is 0 Å². The fourth-order valence-electron chi connectivity index (χ4n) is 1.10. The van der Waals surface area contributed by atoms with Crippen molar-refractivity contribution in [1.29, 1.82) is 0 Å². The first-order chi connectivity index (χ1) is 8.02. The van der Waals surface area contributed by atoms with Gasteiger partial charge in [-0.25, -0.2) is 4.42 Å². The van der Waals surface area contributed by atoms with Crippen molar-refractivity contribution >= 4 is 29.5 Å². The first kappa shape index (κ1) is 24.1. The van der Waals surface area contributed by atoms with Crippen molar-refractivity contribution in [3.63, 3.8) is 0 Å². The molecular formula is C14H32Cl2N2O. The van der Waals surface area contributed by atoms with Gasteiger partial charge < -0.3 is 0 Å². The number of carbonyl (C=O) groups excluding carboxylic acids is 1. The smallest absolute Gasteiger partial charge is 0.239 e. The summed E-state index contributed by atoms with van der Waals surface area (Å²) in [6, 6.07) is 0.963. The number of halogens is 2. The number of rotatable bonds is 4. The molecule has 0 aromatic carbocycles. The third-order valence-electron chi connectivity index (χ3n) is 2.14. The zero-order valence-corrected chi connectivity index (χ0v) is 14.4. The van der Waals surface area contributed by atoms with Gasteiger partial charge in [-0.15, -0.1) is 0 Å². The van der Waals surface area contributed by atoms with Crippen molar-refractivity contribution < 1.29 is 4.79 Å². The Labute approximate surface area is 130 Å². The second-order valence-corrected chi connectivity index (χ2v) is 6.18.